The van der Waals surface area contributed by atoms with Crippen molar-refractivity contribution in [3.05, 3.63) is 88.2 Å². The van der Waals surface area contributed by atoms with Gasteiger partial charge in [0, 0.05) is 55.3 Å². The molecule has 1 saturated heterocycles. The zero-order valence-corrected chi connectivity index (χ0v) is 27.9. The first-order valence-corrected chi connectivity index (χ1v) is 18.1. The van der Waals surface area contributed by atoms with Crippen LogP contribution in [0.5, 0.6) is 23.3 Å². The van der Waals surface area contributed by atoms with Gasteiger partial charge < -0.3 is 29.6 Å². The van der Waals surface area contributed by atoms with Crippen molar-refractivity contribution in [1.82, 2.24) is 20.6 Å². The van der Waals surface area contributed by atoms with Crippen LogP contribution in [-0.4, -0.2) is 56.3 Å². The van der Waals surface area contributed by atoms with Gasteiger partial charge in [0.05, 0.1) is 4.90 Å². The minimum absolute atomic E-state index is 0.0290. The molecule has 3 aliphatic rings. The lowest BCUT2D eigenvalue weighted by Gasteiger charge is -2.20. The van der Waals surface area contributed by atoms with Crippen LogP contribution in [0.1, 0.15) is 47.6 Å². The number of ether oxygens (including phenoxy) is 4. The normalized spacial score (nSPS) is 18.3. The Hall–Kier alpha value is -4.39. The number of aromatic nitrogens is 2. The molecular weight excluding hydrogens is 656 g/mol. The Bertz CT molecular complexity index is 1970. The van der Waals surface area contributed by atoms with Gasteiger partial charge in [-0.25, -0.2) is 8.42 Å². The van der Waals surface area contributed by atoms with E-state index in [0.29, 0.717) is 54.8 Å². The van der Waals surface area contributed by atoms with E-state index in [9.17, 15) is 13.2 Å². The third-order valence-electron chi connectivity index (χ3n) is 8.67. The summed E-state index contributed by atoms with van der Waals surface area (Å²) in [7, 11) is -3.44. The monoisotopic (exact) mass is 690 g/mol. The maximum atomic E-state index is 12.1. The van der Waals surface area contributed by atoms with E-state index in [-0.39, 0.29) is 35.4 Å². The minimum atomic E-state index is -3.44. The molecule has 4 aromatic rings. The number of nitrogens with one attached hydrogen (secondary N) is 2. The Kier molecular flexibility index (Phi) is 9.13. The molecule has 250 valence electrons. The predicted molar refractivity (Wildman–Crippen MR) is 178 cm³/mol. The van der Waals surface area contributed by atoms with Gasteiger partial charge in [-0.15, -0.1) is 0 Å². The van der Waals surface area contributed by atoms with Gasteiger partial charge in [-0.3, -0.25) is 9.78 Å². The standard InChI is InChI=1S/C35H35ClN4O7S/c1-48(42,43)25-13-21(16-37-19-25)20-46-34-23(17-38-18-24-6-10-33(41)39-24)14-29(36)35(40-34)47-30-9-7-27-26(3-2-4-28(27)30)22-5-8-31-32(15-22)45-12-11-44-31/h2-5,8,13-16,19,24,30,38H,6-7,9-12,17-18,20H2,1H3,(H,39,41)/t24-,30-/m0/s1. The first-order chi connectivity index (χ1) is 23.2. The molecule has 2 aliphatic heterocycles. The van der Waals surface area contributed by atoms with Crippen LogP contribution in [0.25, 0.3) is 11.1 Å². The summed E-state index contributed by atoms with van der Waals surface area (Å²) in [5, 5.41) is 6.65. The van der Waals surface area contributed by atoms with E-state index in [1.165, 1.54) is 17.8 Å². The number of pyridine rings is 2. The summed E-state index contributed by atoms with van der Waals surface area (Å²) in [5.41, 5.74) is 5.69. The van der Waals surface area contributed by atoms with Crippen molar-refractivity contribution in [2.75, 3.05) is 26.0 Å². The second kappa shape index (κ2) is 13.6. The predicted octanol–water partition coefficient (Wildman–Crippen LogP) is 4.99. The highest BCUT2D eigenvalue weighted by Gasteiger charge is 2.29. The highest BCUT2D eigenvalue weighted by molar-refractivity contribution is 7.90. The third-order valence-corrected chi connectivity index (χ3v) is 10.0. The largest absolute Gasteiger partial charge is 0.486 e. The molecule has 2 N–H and O–H groups in total. The molecule has 0 radical (unpaired) electrons. The molecule has 2 aromatic carbocycles. The van der Waals surface area contributed by atoms with Gasteiger partial charge in [0.15, 0.2) is 21.3 Å². The van der Waals surface area contributed by atoms with Crippen molar-refractivity contribution in [1.29, 1.82) is 0 Å². The molecule has 2 aromatic heterocycles. The van der Waals surface area contributed by atoms with Crippen molar-refractivity contribution in [3.63, 3.8) is 0 Å². The number of carbonyl (C=O) groups excluding carboxylic acids is 1. The Morgan fingerprint density at radius 1 is 1.02 bits per heavy atom. The highest BCUT2D eigenvalue weighted by Crippen LogP contribution is 2.43. The molecule has 11 nitrogen and oxygen atoms in total. The number of carbonyl (C=O) groups is 1. The lowest BCUT2D eigenvalue weighted by molar-refractivity contribution is -0.119. The second-order valence-corrected chi connectivity index (χ2v) is 14.6. The highest BCUT2D eigenvalue weighted by atomic mass is 35.5. The molecule has 0 spiro atoms. The van der Waals surface area contributed by atoms with E-state index >= 15 is 0 Å². The van der Waals surface area contributed by atoms with Crippen molar-refractivity contribution in [2.45, 2.75) is 55.9 Å². The maximum absolute atomic E-state index is 12.1. The molecule has 0 saturated carbocycles. The van der Waals surface area contributed by atoms with E-state index in [4.69, 9.17) is 35.5 Å². The van der Waals surface area contributed by atoms with Crippen LogP contribution in [0.4, 0.5) is 0 Å². The smallest absolute Gasteiger partial charge is 0.236 e. The molecule has 2 atom stereocenters. The average Bonchev–Trinajstić information content (AvgIpc) is 3.70. The molecule has 1 aliphatic carbocycles. The summed E-state index contributed by atoms with van der Waals surface area (Å²) in [5.74, 6) is 2.08. The van der Waals surface area contributed by atoms with E-state index in [0.717, 1.165) is 53.7 Å². The van der Waals surface area contributed by atoms with E-state index in [1.54, 1.807) is 12.3 Å². The summed E-state index contributed by atoms with van der Waals surface area (Å²) in [6, 6.07) is 15.6. The Morgan fingerprint density at radius 2 is 1.88 bits per heavy atom. The van der Waals surface area contributed by atoms with Gasteiger partial charge in [-0.05, 0) is 65.8 Å². The Morgan fingerprint density at radius 3 is 2.69 bits per heavy atom. The molecule has 4 heterocycles. The van der Waals surface area contributed by atoms with Crippen LogP contribution in [0.15, 0.2) is 65.8 Å². The van der Waals surface area contributed by atoms with Gasteiger partial charge >= 0.3 is 0 Å². The maximum Gasteiger partial charge on any atom is 0.236 e. The topological polar surface area (TPSA) is 138 Å². The summed E-state index contributed by atoms with van der Waals surface area (Å²) < 4.78 is 48.4. The molecule has 0 bridgehead atoms. The number of halogens is 1. The number of nitrogens with zero attached hydrogens (tertiary/aromatic N) is 2. The number of fused-ring (bicyclic) bond motifs is 2. The fraction of sp³-hybridized carbons (Fsp3) is 0.343. The number of hydrogen-bond donors (Lipinski definition) is 2. The average molecular weight is 691 g/mol. The van der Waals surface area contributed by atoms with Gasteiger partial charge in [0.25, 0.3) is 0 Å². The quantitative estimate of drug-likeness (QED) is 0.222. The van der Waals surface area contributed by atoms with Crippen molar-refractivity contribution in [2.24, 2.45) is 0 Å². The Labute approximate surface area is 283 Å². The zero-order valence-electron chi connectivity index (χ0n) is 26.3. The van der Waals surface area contributed by atoms with Crippen molar-refractivity contribution < 1.29 is 32.2 Å². The molecule has 1 fully saturated rings. The van der Waals surface area contributed by atoms with E-state index in [1.807, 2.05) is 24.3 Å². The van der Waals surface area contributed by atoms with Crippen LogP contribution in [-0.2, 0) is 34.2 Å². The molecule has 0 unspecified atom stereocenters. The molecule has 13 heteroatoms. The number of sulfone groups is 1. The summed E-state index contributed by atoms with van der Waals surface area (Å²) in [6.07, 6.45) is 6.56. The summed E-state index contributed by atoms with van der Waals surface area (Å²) >= 11 is 6.78. The van der Waals surface area contributed by atoms with Gasteiger partial charge in [0.2, 0.25) is 17.7 Å². The fourth-order valence-corrected chi connectivity index (χ4v) is 7.13. The van der Waals surface area contributed by atoms with Crippen LogP contribution in [0.2, 0.25) is 5.02 Å². The van der Waals surface area contributed by atoms with Gasteiger partial charge in [0.1, 0.15) is 30.9 Å². The van der Waals surface area contributed by atoms with Crippen molar-refractivity contribution in [3.8, 4) is 34.4 Å². The van der Waals surface area contributed by atoms with Gasteiger partial charge in [-0.2, -0.15) is 4.98 Å². The first-order valence-electron chi connectivity index (χ1n) is 15.9. The van der Waals surface area contributed by atoms with Gasteiger partial charge in [-0.1, -0.05) is 35.9 Å². The van der Waals surface area contributed by atoms with Crippen LogP contribution >= 0.6 is 11.6 Å². The van der Waals surface area contributed by atoms with E-state index in [2.05, 4.69) is 27.8 Å². The Balaban J connectivity index is 1.13. The summed E-state index contributed by atoms with van der Waals surface area (Å²) in [4.78, 5) is 20.5. The van der Waals surface area contributed by atoms with Crippen LogP contribution in [0.3, 0.4) is 0 Å². The molecule has 7 rings (SSSR count). The number of hydrogen-bond acceptors (Lipinski definition) is 10. The SMILES string of the molecule is CS(=O)(=O)c1cncc(COc2nc(O[C@H]3CCc4c(-c5ccc6c(c5)OCCO6)cccc43)c(Cl)cc2CNC[C@@H]2CCC(=O)N2)c1. The number of benzene rings is 2. The van der Waals surface area contributed by atoms with Crippen LogP contribution < -0.4 is 29.6 Å². The third kappa shape index (κ3) is 7.06. The zero-order chi connectivity index (χ0) is 33.3. The van der Waals surface area contributed by atoms with Crippen LogP contribution in [0, 0.1) is 0 Å². The van der Waals surface area contributed by atoms with Crippen molar-refractivity contribution >= 4 is 27.3 Å². The number of amides is 1. The lowest BCUT2D eigenvalue weighted by Crippen LogP contribution is -2.35. The fourth-order valence-electron chi connectivity index (χ4n) is 6.29. The summed E-state index contributed by atoms with van der Waals surface area (Å²) in [6.45, 7) is 2.05. The number of rotatable bonds is 11. The first kappa shape index (κ1) is 32.2. The van der Waals surface area contributed by atoms with E-state index < -0.39 is 9.84 Å². The molecule has 1 amide bonds. The molecular formula is C35H35ClN4O7S. The lowest BCUT2D eigenvalue weighted by atomic mass is 9.96. The minimum Gasteiger partial charge on any atom is -0.486 e. The second-order valence-electron chi connectivity index (χ2n) is 12.1. The molecule has 48 heavy (non-hydrogen) atoms.